The van der Waals surface area contributed by atoms with E-state index in [0.29, 0.717) is 12.2 Å². The summed E-state index contributed by atoms with van der Waals surface area (Å²) in [5, 5.41) is 5.75. The third-order valence-corrected chi connectivity index (χ3v) is 2.37. The first-order valence-corrected chi connectivity index (χ1v) is 5.54. The summed E-state index contributed by atoms with van der Waals surface area (Å²) in [6.45, 7) is 2.54. The monoisotopic (exact) mass is 245 g/mol. The number of aromatic amines is 1. The molecule has 94 valence electrons. The number of rotatable bonds is 4. The molecule has 6 heteroatoms. The average Bonchev–Trinajstić information content (AvgIpc) is 2.72. The highest BCUT2D eigenvalue weighted by Crippen LogP contribution is 2.15. The molecular formula is C12H15N5O. The minimum absolute atomic E-state index is 0.573. The molecule has 0 fully saturated rings. The lowest BCUT2D eigenvalue weighted by Gasteiger charge is -2.07. The van der Waals surface area contributed by atoms with Gasteiger partial charge in [0.25, 0.3) is 0 Å². The molecule has 5 N–H and O–H groups in total. The maximum absolute atomic E-state index is 10.7. The van der Waals surface area contributed by atoms with E-state index < -0.39 is 6.03 Å². The number of hydrogen-bond acceptors (Lipinski definition) is 3. The molecule has 18 heavy (non-hydrogen) atoms. The zero-order valence-electron chi connectivity index (χ0n) is 10.0. The van der Waals surface area contributed by atoms with Gasteiger partial charge in [-0.3, -0.25) is 0 Å². The highest BCUT2D eigenvalue weighted by molar-refractivity contribution is 5.88. The second-order valence-electron chi connectivity index (χ2n) is 3.92. The normalized spacial score (nSPS) is 10.1. The lowest BCUT2D eigenvalue weighted by molar-refractivity contribution is 0.259. The number of nitrogens with one attached hydrogen (secondary N) is 3. The van der Waals surface area contributed by atoms with Crippen LogP contribution in [0.1, 0.15) is 11.5 Å². The van der Waals surface area contributed by atoms with Crippen molar-refractivity contribution in [3.05, 3.63) is 42.0 Å². The Kier molecular flexibility index (Phi) is 3.47. The van der Waals surface area contributed by atoms with E-state index in [0.717, 1.165) is 17.2 Å². The Morgan fingerprint density at radius 2 is 2.22 bits per heavy atom. The van der Waals surface area contributed by atoms with Crippen molar-refractivity contribution in [2.45, 2.75) is 13.5 Å². The fourth-order valence-electron chi connectivity index (χ4n) is 1.61. The number of primary amides is 1. The molecule has 2 aromatic rings. The molecule has 0 aliphatic rings. The minimum Gasteiger partial charge on any atom is -0.379 e. The van der Waals surface area contributed by atoms with Crippen LogP contribution in [-0.2, 0) is 6.54 Å². The maximum atomic E-state index is 10.7. The topological polar surface area (TPSA) is 95.8 Å². The molecule has 0 aliphatic carbocycles. The molecule has 0 atom stereocenters. The summed E-state index contributed by atoms with van der Waals surface area (Å²) in [6.07, 6.45) is 1.79. The molecule has 1 aromatic carbocycles. The molecule has 1 heterocycles. The highest BCUT2D eigenvalue weighted by atomic mass is 16.2. The average molecular weight is 245 g/mol. The second kappa shape index (κ2) is 5.22. The summed E-state index contributed by atoms with van der Waals surface area (Å²) >= 11 is 0. The molecule has 0 aliphatic heterocycles. The standard InChI is InChI=1S/C12H15N5O/c1-8-14-6-11(16-8)7-15-9-3-2-4-10(5-9)17-12(13)18/h2-6,15H,7H2,1H3,(H,14,16)(H3,13,17,18). The van der Waals surface area contributed by atoms with Crippen molar-refractivity contribution >= 4 is 17.4 Å². The van der Waals surface area contributed by atoms with Gasteiger partial charge >= 0.3 is 6.03 Å². The first-order chi connectivity index (χ1) is 8.63. The summed E-state index contributed by atoms with van der Waals surface area (Å²) in [4.78, 5) is 18.0. The van der Waals surface area contributed by atoms with Gasteiger partial charge in [0.05, 0.1) is 18.4 Å². The van der Waals surface area contributed by atoms with E-state index in [9.17, 15) is 4.79 Å². The summed E-state index contributed by atoms with van der Waals surface area (Å²) in [6, 6.07) is 6.77. The van der Waals surface area contributed by atoms with Crippen molar-refractivity contribution in [2.75, 3.05) is 10.6 Å². The zero-order chi connectivity index (χ0) is 13.0. The summed E-state index contributed by atoms with van der Waals surface area (Å²) in [7, 11) is 0. The predicted molar refractivity (Wildman–Crippen MR) is 70.3 cm³/mol. The quantitative estimate of drug-likeness (QED) is 0.661. The van der Waals surface area contributed by atoms with Crippen molar-refractivity contribution in [1.82, 2.24) is 9.97 Å². The number of benzene rings is 1. The molecular weight excluding hydrogens is 230 g/mol. The summed E-state index contributed by atoms with van der Waals surface area (Å²) < 4.78 is 0. The molecule has 0 bridgehead atoms. The third kappa shape index (κ3) is 3.24. The lowest BCUT2D eigenvalue weighted by atomic mass is 10.2. The Hall–Kier alpha value is -2.50. The SMILES string of the molecule is Cc1ncc(CNc2cccc(NC(N)=O)c2)[nH]1. The molecule has 1 aromatic heterocycles. The van der Waals surface area contributed by atoms with Gasteiger partial charge in [0.15, 0.2) is 0 Å². The minimum atomic E-state index is -0.573. The van der Waals surface area contributed by atoms with Gasteiger partial charge in [0.2, 0.25) is 0 Å². The van der Waals surface area contributed by atoms with Crippen LogP contribution in [0.5, 0.6) is 0 Å². The molecule has 0 saturated heterocycles. The van der Waals surface area contributed by atoms with Gasteiger partial charge in [-0.2, -0.15) is 0 Å². The zero-order valence-corrected chi connectivity index (χ0v) is 10.0. The number of nitrogens with zero attached hydrogens (tertiary/aromatic N) is 1. The van der Waals surface area contributed by atoms with Gasteiger partial charge < -0.3 is 21.4 Å². The van der Waals surface area contributed by atoms with Gasteiger partial charge in [-0.25, -0.2) is 9.78 Å². The lowest BCUT2D eigenvalue weighted by Crippen LogP contribution is -2.19. The van der Waals surface area contributed by atoms with Gasteiger partial charge in [-0.1, -0.05) is 6.07 Å². The number of carbonyl (C=O) groups is 1. The molecule has 0 spiro atoms. The first-order valence-electron chi connectivity index (χ1n) is 5.54. The van der Waals surface area contributed by atoms with Gasteiger partial charge in [0.1, 0.15) is 5.82 Å². The molecule has 0 unspecified atom stereocenters. The van der Waals surface area contributed by atoms with Crippen molar-refractivity contribution in [3.63, 3.8) is 0 Å². The Bertz CT molecular complexity index is 549. The molecule has 0 saturated carbocycles. The largest absolute Gasteiger partial charge is 0.379 e. The third-order valence-electron chi connectivity index (χ3n) is 2.37. The Morgan fingerprint density at radius 3 is 2.89 bits per heavy atom. The Balaban J connectivity index is 1.98. The van der Waals surface area contributed by atoms with E-state index in [1.54, 1.807) is 12.3 Å². The van der Waals surface area contributed by atoms with Crippen molar-refractivity contribution < 1.29 is 4.79 Å². The number of urea groups is 1. The number of amides is 2. The molecule has 6 nitrogen and oxygen atoms in total. The number of nitrogens with two attached hydrogens (primary N) is 1. The van der Waals surface area contributed by atoms with Crippen LogP contribution in [0.15, 0.2) is 30.5 Å². The number of aryl methyl sites for hydroxylation is 1. The number of carbonyl (C=O) groups excluding carboxylic acids is 1. The fourth-order valence-corrected chi connectivity index (χ4v) is 1.61. The highest BCUT2D eigenvalue weighted by Gasteiger charge is 1.99. The van der Waals surface area contributed by atoms with Crippen LogP contribution in [0.4, 0.5) is 16.2 Å². The second-order valence-corrected chi connectivity index (χ2v) is 3.92. The number of imidazole rings is 1. The first kappa shape index (κ1) is 12.0. The van der Waals surface area contributed by atoms with Crippen LogP contribution in [0, 0.1) is 6.92 Å². The van der Waals surface area contributed by atoms with E-state index in [2.05, 4.69) is 20.6 Å². The number of aromatic nitrogens is 2. The smallest absolute Gasteiger partial charge is 0.316 e. The summed E-state index contributed by atoms with van der Waals surface area (Å²) in [5.74, 6) is 0.885. The fraction of sp³-hybridized carbons (Fsp3) is 0.167. The van der Waals surface area contributed by atoms with E-state index in [1.165, 1.54) is 0 Å². The molecule has 2 rings (SSSR count). The van der Waals surface area contributed by atoms with Crippen LogP contribution < -0.4 is 16.4 Å². The van der Waals surface area contributed by atoms with Gasteiger partial charge in [-0.15, -0.1) is 0 Å². The van der Waals surface area contributed by atoms with E-state index in [1.807, 2.05) is 25.1 Å². The van der Waals surface area contributed by atoms with Crippen LogP contribution in [0.25, 0.3) is 0 Å². The molecule has 0 radical (unpaired) electrons. The Morgan fingerprint density at radius 1 is 1.44 bits per heavy atom. The van der Waals surface area contributed by atoms with E-state index in [-0.39, 0.29) is 0 Å². The van der Waals surface area contributed by atoms with Gasteiger partial charge in [0, 0.05) is 11.4 Å². The van der Waals surface area contributed by atoms with Crippen LogP contribution in [-0.4, -0.2) is 16.0 Å². The van der Waals surface area contributed by atoms with Crippen molar-refractivity contribution in [1.29, 1.82) is 0 Å². The van der Waals surface area contributed by atoms with Crippen LogP contribution in [0.3, 0.4) is 0 Å². The number of hydrogen-bond donors (Lipinski definition) is 4. The predicted octanol–water partition coefficient (Wildman–Crippen LogP) is 1.82. The van der Waals surface area contributed by atoms with E-state index >= 15 is 0 Å². The molecule has 2 amide bonds. The maximum Gasteiger partial charge on any atom is 0.316 e. The summed E-state index contributed by atoms with van der Waals surface area (Å²) in [5.41, 5.74) is 7.62. The van der Waals surface area contributed by atoms with Crippen LogP contribution >= 0.6 is 0 Å². The van der Waals surface area contributed by atoms with Gasteiger partial charge in [-0.05, 0) is 25.1 Å². The van der Waals surface area contributed by atoms with Crippen LogP contribution in [0.2, 0.25) is 0 Å². The number of H-pyrrole nitrogens is 1. The van der Waals surface area contributed by atoms with Crippen molar-refractivity contribution in [3.8, 4) is 0 Å². The number of anilines is 2. The van der Waals surface area contributed by atoms with E-state index in [4.69, 9.17) is 5.73 Å². The van der Waals surface area contributed by atoms with Crippen molar-refractivity contribution in [2.24, 2.45) is 5.73 Å². The Labute approximate surface area is 105 Å².